The predicted octanol–water partition coefficient (Wildman–Crippen LogP) is 2.36. The first kappa shape index (κ1) is 21.5. The normalized spacial score (nSPS) is 15.0. The van der Waals surface area contributed by atoms with Gasteiger partial charge in [0.05, 0.1) is 12.8 Å². The molecule has 0 radical (unpaired) electrons. The summed E-state index contributed by atoms with van der Waals surface area (Å²) in [6.45, 7) is 3.66. The molecule has 3 rings (SSSR count). The molecule has 1 N–H and O–H groups in total. The Kier molecular flexibility index (Phi) is 7.41. The van der Waals surface area contributed by atoms with Crippen molar-refractivity contribution >= 4 is 15.9 Å². The van der Waals surface area contributed by atoms with Crippen molar-refractivity contribution in [2.24, 2.45) is 0 Å². The number of nitrogens with one attached hydrogen (secondary N) is 1. The maximum atomic E-state index is 12.3. The maximum Gasteiger partial charge on any atom is 0.235 e. The van der Waals surface area contributed by atoms with E-state index in [1.165, 1.54) is 22.7 Å². The third-order valence-electron chi connectivity index (χ3n) is 5.11. The van der Waals surface area contributed by atoms with Gasteiger partial charge in [-0.2, -0.15) is 4.31 Å². The third-order valence-corrected chi connectivity index (χ3v) is 6.30. The van der Waals surface area contributed by atoms with Gasteiger partial charge in [0.1, 0.15) is 0 Å². The molecule has 1 fully saturated rings. The van der Waals surface area contributed by atoms with Crippen LogP contribution in [0.5, 0.6) is 0 Å². The van der Waals surface area contributed by atoms with E-state index in [2.05, 4.69) is 22.3 Å². The van der Waals surface area contributed by atoms with E-state index in [1.807, 2.05) is 42.5 Å². The summed E-state index contributed by atoms with van der Waals surface area (Å²) in [6, 6.07) is 17.5. The largest absolute Gasteiger partial charge is 0.351 e. The molecule has 0 bridgehead atoms. The van der Waals surface area contributed by atoms with Crippen LogP contribution in [0.2, 0.25) is 0 Å². The molecule has 6 nitrogen and oxygen atoms in total. The molecule has 1 saturated heterocycles. The summed E-state index contributed by atoms with van der Waals surface area (Å²) in [6.07, 6.45) is 3.68. The molecule has 1 heterocycles. The minimum Gasteiger partial charge on any atom is -0.351 e. The van der Waals surface area contributed by atoms with Crippen molar-refractivity contribution in [2.75, 3.05) is 25.9 Å². The van der Waals surface area contributed by atoms with E-state index in [9.17, 15) is 13.2 Å². The fourth-order valence-corrected chi connectivity index (χ4v) is 4.19. The van der Waals surface area contributed by atoms with E-state index >= 15 is 0 Å². The minimum atomic E-state index is -3.49. The summed E-state index contributed by atoms with van der Waals surface area (Å²) in [5.74, 6) is -0.313. The predicted molar refractivity (Wildman–Crippen MR) is 114 cm³/mol. The number of hydrogen-bond donors (Lipinski definition) is 1. The number of hydrogen-bond acceptors (Lipinski definition) is 4. The van der Waals surface area contributed by atoms with Gasteiger partial charge in [0.25, 0.3) is 0 Å². The molecular formula is C22H29N3O3S. The van der Waals surface area contributed by atoms with Gasteiger partial charge in [-0.25, -0.2) is 8.42 Å². The average Bonchev–Trinajstić information content (AvgIpc) is 3.20. The zero-order chi connectivity index (χ0) is 20.7. The number of carbonyl (C=O) groups excluding carboxylic acids is 1. The number of benzene rings is 2. The molecule has 156 valence electrons. The first-order valence-corrected chi connectivity index (χ1v) is 11.8. The van der Waals surface area contributed by atoms with Gasteiger partial charge in [0.15, 0.2) is 0 Å². The Morgan fingerprint density at radius 3 is 2.21 bits per heavy atom. The molecule has 29 heavy (non-hydrogen) atoms. The van der Waals surface area contributed by atoms with Crippen LogP contribution in [0.15, 0.2) is 54.6 Å². The second-order valence-electron chi connectivity index (χ2n) is 7.59. The Morgan fingerprint density at radius 2 is 1.59 bits per heavy atom. The summed E-state index contributed by atoms with van der Waals surface area (Å²) in [5, 5.41) is 2.82. The number of likely N-dealkylation sites (tertiary alicyclic amines) is 1. The fraction of sp³-hybridized carbons (Fsp3) is 0.409. The van der Waals surface area contributed by atoms with Gasteiger partial charge >= 0.3 is 0 Å². The molecule has 0 saturated carbocycles. The van der Waals surface area contributed by atoms with Crippen molar-refractivity contribution in [3.8, 4) is 0 Å². The zero-order valence-electron chi connectivity index (χ0n) is 16.9. The standard InChI is InChI=1S/C22H29N3O3S/c1-29(27,28)25(17-20-7-3-2-4-8-20)18-22(26)23-15-19-9-11-21(12-10-19)16-24-13-5-6-14-24/h2-4,7-12H,5-6,13-18H2,1H3,(H,23,26). The van der Waals surface area contributed by atoms with Crippen molar-refractivity contribution in [1.82, 2.24) is 14.5 Å². The average molecular weight is 416 g/mol. The number of sulfonamides is 1. The maximum absolute atomic E-state index is 12.3. The smallest absolute Gasteiger partial charge is 0.235 e. The molecule has 7 heteroatoms. The molecule has 1 aliphatic rings. The molecule has 0 aliphatic carbocycles. The molecule has 0 spiro atoms. The van der Waals surface area contributed by atoms with Gasteiger partial charge in [-0.3, -0.25) is 9.69 Å². The Balaban J connectivity index is 1.50. The summed E-state index contributed by atoms with van der Waals surface area (Å²) in [4.78, 5) is 14.8. The second kappa shape index (κ2) is 10.0. The summed E-state index contributed by atoms with van der Waals surface area (Å²) in [7, 11) is -3.49. The summed E-state index contributed by atoms with van der Waals surface area (Å²) in [5.41, 5.74) is 3.12. The highest BCUT2D eigenvalue weighted by molar-refractivity contribution is 7.88. The van der Waals surface area contributed by atoms with Crippen molar-refractivity contribution in [3.63, 3.8) is 0 Å². The lowest BCUT2D eigenvalue weighted by molar-refractivity contribution is -0.121. The fourth-order valence-electron chi connectivity index (χ4n) is 3.46. The van der Waals surface area contributed by atoms with Crippen LogP contribution < -0.4 is 5.32 Å². The van der Waals surface area contributed by atoms with Crippen molar-refractivity contribution in [2.45, 2.75) is 32.5 Å². The van der Waals surface area contributed by atoms with Crippen LogP contribution >= 0.6 is 0 Å². The number of rotatable bonds is 9. The Bertz CT molecular complexity index is 893. The van der Waals surface area contributed by atoms with Crippen molar-refractivity contribution < 1.29 is 13.2 Å². The monoisotopic (exact) mass is 415 g/mol. The number of amides is 1. The molecule has 0 aromatic heterocycles. The Labute approximate surface area is 173 Å². The molecule has 2 aromatic rings. The van der Waals surface area contributed by atoms with Crippen LogP contribution in [0.3, 0.4) is 0 Å². The van der Waals surface area contributed by atoms with E-state index in [4.69, 9.17) is 0 Å². The first-order valence-electron chi connectivity index (χ1n) is 9.96. The first-order chi connectivity index (χ1) is 13.9. The van der Waals surface area contributed by atoms with Crippen LogP contribution in [-0.2, 0) is 34.5 Å². The van der Waals surface area contributed by atoms with Crippen molar-refractivity contribution in [1.29, 1.82) is 0 Å². The topological polar surface area (TPSA) is 69.7 Å². The molecule has 2 aromatic carbocycles. The molecule has 0 atom stereocenters. The SMILES string of the molecule is CS(=O)(=O)N(CC(=O)NCc1ccc(CN2CCCC2)cc1)Cc1ccccc1. The second-order valence-corrected chi connectivity index (χ2v) is 9.58. The van der Waals surface area contributed by atoms with Gasteiger partial charge in [0, 0.05) is 19.6 Å². The van der Waals surface area contributed by atoms with Crippen LogP contribution in [0.25, 0.3) is 0 Å². The summed E-state index contributed by atoms with van der Waals surface area (Å²) >= 11 is 0. The molecule has 1 amide bonds. The zero-order valence-corrected chi connectivity index (χ0v) is 17.7. The Morgan fingerprint density at radius 1 is 0.966 bits per heavy atom. The Hall–Kier alpha value is -2.22. The lowest BCUT2D eigenvalue weighted by Gasteiger charge is -2.19. The van der Waals surface area contributed by atoms with Crippen LogP contribution in [0.4, 0.5) is 0 Å². The molecule has 1 aliphatic heterocycles. The summed E-state index contributed by atoms with van der Waals surface area (Å²) < 4.78 is 25.3. The quantitative estimate of drug-likeness (QED) is 0.683. The highest BCUT2D eigenvalue weighted by Crippen LogP contribution is 2.13. The van der Waals surface area contributed by atoms with Gasteiger partial charge in [-0.1, -0.05) is 54.6 Å². The van der Waals surface area contributed by atoms with E-state index < -0.39 is 10.0 Å². The van der Waals surface area contributed by atoms with E-state index in [-0.39, 0.29) is 19.0 Å². The van der Waals surface area contributed by atoms with Crippen LogP contribution in [0, 0.1) is 0 Å². The highest BCUT2D eigenvalue weighted by Gasteiger charge is 2.20. The van der Waals surface area contributed by atoms with Gasteiger partial charge in [-0.05, 0) is 42.6 Å². The number of nitrogens with zero attached hydrogens (tertiary/aromatic N) is 2. The third kappa shape index (κ3) is 6.96. The van der Waals surface area contributed by atoms with Crippen LogP contribution in [-0.4, -0.2) is 49.4 Å². The lowest BCUT2D eigenvalue weighted by Crippen LogP contribution is -2.39. The van der Waals surface area contributed by atoms with E-state index in [0.29, 0.717) is 6.54 Å². The molecule has 0 unspecified atom stereocenters. The highest BCUT2D eigenvalue weighted by atomic mass is 32.2. The van der Waals surface area contributed by atoms with Gasteiger partial charge < -0.3 is 5.32 Å². The lowest BCUT2D eigenvalue weighted by atomic mass is 10.1. The van der Waals surface area contributed by atoms with E-state index in [1.54, 1.807) is 0 Å². The van der Waals surface area contributed by atoms with Gasteiger partial charge in [0.2, 0.25) is 15.9 Å². The van der Waals surface area contributed by atoms with Crippen molar-refractivity contribution in [3.05, 3.63) is 71.3 Å². The van der Waals surface area contributed by atoms with Gasteiger partial charge in [-0.15, -0.1) is 0 Å². The minimum absolute atomic E-state index is 0.179. The van der Waals surface area contributed by atoms with E-state index in [0.717, 1.165) is 37.0 Å². The molecular weight excluding hydrogens is 386 g/mol. The number of carbonyl (C=O) groups is 1. The van der Waals surface area contributed by atoms with Crippen LogP contribution in [0.1, 0.15) is 29.5 Å².